The zero-order valence-corrected chi connectivity index (χ0v) is 10.0. The van der Waals surface area contributed by atoms with Gasteiger partial charge in [0.1, 0.15) is 0 Å². The van der Waals surface area contributed by atoms with E-state index in [1.165, 1.54) is 25.7 Å². The second-order valence-corrected chi connectivity index (χ2v) is 4.78. The fourth-order valence-corrected chi connectivity index (χ4v) is 2.26. The van der Waals surface area contributed by atoms with Gasteiger partial charge in [0.2, 0.25) is 0 Å². The molecule has 3 nitrogen and oxygen atoms in total. The van der Waals surface area contributed by atoms with Crippen LogP contribution in [-0.4, -0.2) is 38.0 Å². The molecule has 0 aromatic carbocycles. The molecule has 0 bridgehead atoms. The molecule has 0 saturated heterocycles. The molecular weight excluding hydrogens is 190 g/mol. The van der Waals surface area contributed by atoms with E-state index in [2.05, 4.69) is 12.2 Å². The number of ether oxygens (including phenoxy) is 1. The molecule has 1 saturated carbocycles. The largest absolute Gasteiger partial charge is 0.392 e. The Kier molecular flexibility index (Phi) is 6.22. The third-order valence-electron chi connectivity index (χ3n) is 3.44. The van der Waals surface area contributed by atoms with E-state index in [4.69, 9.17) is 4.74 Å². The number of rotatable bonds is 6. The lowest BCUT2D eigenvalue weighted by Crippen LogP contribution is -2.36. The van der Waals surface area contributed by atoms with Gasteiger partial charge in [-0.3, -0.25) is 0 Å². The number of aliphatic hydroxyl groups excluding tert-OH is 1. The fourth-order valence-electron chi connectivity index (χ4n) is 2.26. The zero-order valence-electron chi connectivity index (χ0n) is 10.0. The molecule has 1 aliphatic rings. The Bertz CT molecular complexity index is 156. The van der Waals surface area contributed by atoms with E-state index >= 15 is 0 Å². The number of nitrogens with one attached hydrogen (secondary N) is 1. The van der Waals surface area contributed by atoms with Crippen LogP contribution in [0.3, 0.4) is 0 Å². The van der Waals surface area contributed by atoms with Crippen LogP contribution in [0.1, 0.15) is 32.6 Å². The Hall–Kier alpha value is -0.120. The second-order valence-electron chi connectivity index (χ2n) is 4.78. The Labute approximate surface area is 93.2 Å². The van der Waals surface area contributed by atoms with E-state index in [9.17, 15) is 5.11 Å². The minimum atomic E-state index is -0.172. The third-order valence-corrected chi connectivity index (χ3v) is 3.44. The van der Waals surface area contributed by atoms with Crippen LogP contribution in [0.25, 0.3) is 0 Å². The predicted octanol–water partition coefficient (Wildman–Crippen LogP) is 1.41. The molecule has 1 aliphatic carbocycles. The van der Waals surface area contributed by atoms with Crippen LogP contribution in [0.15, 0.2) is 0 Å². The summed E-state index contributed by atoms with van der Waals surface area (Å²) in [5, 5.41) is 13.2. The molecular formula is C12H25NO2. The molecule has 3 heteroatoms. The van der Waals surface area contributed by atoms with Crippen molar-refractivity contribution in [3.63, 3.8) is 0 Å². The standard InChI is InChI=1S/C12H25NO2/c1-10-3-5-11(6-4-10)12(14)9-13-7-8-15-2/h10-14H,3-9H2,1-2H3. The molecule has 1 fully saturated rings. The Morgan fingerprint density at radius 3 is 2.60 bits per heavy atom. The fraction of sp³-hybridized carbons (Fsp3) is 1.00. The lowest BCUT2D eigenvalue weighted by molar-refractivity contribution is 0.0735. The zero-order chi connectivity index (χ0) is 11.1. The maximum Gasteiger partial charge on any atom is 0.0692 e. The number of aliphatic hydroxyl groups is 1. The summed E-state index contributed by atoms with van der Waals surface area (Å²) in [7, 11) is 1.70. The molecule has 0 amide bonds. The number of hydrogen-bond acceptors (Lipinski definition) is 3. The van der Waals surface area contributed by atoms with Crippen molar-refractivity contribution in [2.24, 2.45) is 11.8 Å². The topological polar surface area (TPSA) is 41.5 Å². The van der Waals surface area contributed by atoms with Crippen LogP contribution in [0, 0.1) is 11.8 Å². The summed E-state index contributed by atoms with van der Waals surface area (Å²) < 4.78 is 4.94. The van der Waals surface area contributed by atoms with Crippen molar-refractivity contribution in [3.05, 3.63) is 0 Å². The van der Waals surface area contributed by atoms with Crippen LogP contribution in [-0.2, 0) is 4.74 Å². The van der Waals surface area contributed by atoms with Crippen molar-refractivity contribution >= 4 is 0 Å². The maximum atomic E-state index is 9.96. The van der Waals surface area contributed by atoms with Crippen molar-refractivity contribution in [2.75, 3.05) is 26.8 Å². The van der Waals surface area contributed by atoms with Crippen molar-refractivity contribution in [1.29, 1.82) is 0 Å². The Balaban J connectivity index is 2.08. The highest BCUT2D eigenvalue weighted by Gasteiger charge is 2.23. The molecule has 90 valence electrons. The average Bonchev–Trinajstić information content (AvgIpc) is 2.25. The van der Waals surface area contributed by atoms with Gasteiger partial charge in [-0.25, -0.2) is 0 Å². The third kappa shape index (κ3) is 4.96. The molecule has 2 N–H and O–H groups in total. The van der Waals surface area contributed by atoms with E-state index in [1.807, 2.05) is 0 Å². The van der Waals surface area contributed by atoms with Crippen molar-refractivity contribution in [1.82, 2.24) is 5.32 Å². The van der Waals surface area contributed by atoms with E-state index < -0.39 is 0 Å². The molecule has 0 aromatic rings. The lowest BCUT2D eigenvalue weighted by atomic mass is 9.80. The number of methoxy groups -OCH3 is 1. The van der Waals surface area contributed by atoms with E-state index in [0.717, 1.165) is 12.5 Å². The monoisotopic (exact) mass is 215 g/mol. The van der Waals surface area contributed by atoms with Crippen molar-refractivity contribution in [3.8, 4) is 0 Å². The number of hydrogen-bond donors (Lipinski definition) is 2. The first kappa shape index (κ1) is 12.9. The molecule has 0 spiro atoms. The van der Waals surface area contributed by atoms with Gasteiger partial charge in [-0.15, -0.1) is 0 Å². The summed E-state index contributed by atoms with van der Waals surface area (Å²) >= 11 is 0. The van der Waals surface area contributed by atoms with Gasteiger partial charge in [-0.2, -0.15) is 0 Å². The van der Waals surface area contributed by atoms with Crippen LogP contribution < -0.4 is 5.32 Å². The second kappa shape index (κ2) is 7.20. The van der Waals surface area contributed by atoms with Crippen molar-refractivity contribution in [2.45, 2.75) is 38.7 Å². The summed E-state index contributed by atoms with van der Waals surface area (Å²) in [6, 6.07) is 0. The van der Waals surface area contributed by atoms with Gasteiger partial charge in [-0.05, 0) is 24.7 Å². The molecule has 1 atom stereocenters. The molecule has 1 rings (SSSR count). The minimum absolute atomic E-state index is 0.172. The first-order chi connectivity index (χ1) is 7.24. The highest BCUT2D eigenvalue weighted by atomic mass is 16.5. The summed E-state index contributed by atoms with van der Waals surface area (Å²) in [4.78, 5) is 0. The van der Waals surface area contributed by atoms with Crippen molar-refractivity contribution < 1.29 is 9.84 Å². The molecule has 0 aliphatic heterocycles. The minimum Gasteiger partial charge on any atom is -0.392 e. The van der Waals surface area contributed by atoms with E-state index in [1.54, 1.807) is 7.11 Å². The van der Waals surface area contributed by atoms with Gasteiger partial charge in [0.15, 0.2) is 0 Å². The first-order valence-electron chi connectivity index (χ1n) is 6.11. The normalized spacial score (nSPS) is 29.0. The van der Waals surface area contributed by atoms with Crippen LogP contribution in [0.2, 0.25) is 0 Å². The SMILES string of the molecule is COCCNCC(O)C1CCC(C)CC1. The van der Waals surface area contributed by atoms with Gasteiger partial charge in [0, 0.05) is 20.2 Å². The summed E-state index contributed by atoms with van der Waals surface area (Å²) in [6.07, 6.45) is 4.76. The van der Waals surface area contributed by atoms with E-state index in [0.29, 0.717) is 19.1 Å². The molecule has 0 heterocycles. The highest BCUT2D eigenvalue weighted by Crippen LogP contribution is 2.30. The van der Waals surface area contributed by atoms with Crippen LogP contribution in [0.4, 0.5) is 0 Å². The Morgan fingerprint density at radius 2 is 2.00 bits per heavy atom. The van der Waals surface area contributed by atoms with Gasteiger partial charge < -0.3 is 15.2 Å². The summed E-state index contributed by atoms with van der Waals surface area (Å²) in [5.41, 5.74) is 0. The van der Waals surface area contributed by atoms with Gasteiger partial charge in [-0.1, -0.05) is 19.8 Å². The highest BCUT2D eigenvalue weighted by molar-refractivity contribution is 4.77. The molecule has 0 aromatic heterocycles. The predicted molar refractivity (Wildman–Crippen MR) is 61.9 cm³/mol. The quantitative estimate of drug-likeness (QED) is 0.658. The lowest BCUT2D eigenvalue weighted by Gasteiger charge is -2.29. The van der Waals surface area contributed by atoms with Gasteiger partial charge in [0.05, 0.1) is 12.7 Å². The summed E-state index contributed by atoms with van der Waals surface area (Å²) in [5.74, 6) is 1.37. The van der Waals surface area contributed by atoms with E-state index in [-0.39, 0.29) is 6.10 Å². The molecule has 15 heavy (non-hydrogen) atoms. The first-order valence-corrected chi connectivity index (χ1v) is 6.11. The summed E-state index contributed by atoms with van der Waals surface area (Å²) in [6.45, 7) is 4.56. The smallest absolute Gasteiger partial charge is 0.0692 e. The van der Waals surface area contributed by atoms with Gasteiger partial charge in [0.25, 0.3) is 0 Å². The average molecular weight is 215 g/mol. The maximum absolute atomic E-state index is 9.96. The van der Waals surface area contributed by atoms with Crippen LogP contribution in [0.5, 0.6) is 0 Å². The molecule has 1 unspecified atom stereocenters. The van der Waals surface area contributed by atoms with Gasteiger partial charge >= 0.3 is 0 Å². The van der Waals surface area contributed by atoms with Crippen LogP contribution >= 0.6 is 0 Å². The molecule has 0 radical (unpaired) electrons. The Morgan fingerprint density at radius 1 is 1.33 bits per heavy atom.